The van der Waals surface area contributed by atoms with Crippen LogP contribution < -0.4 is 10.1 Å². The Morgan fingerprint density at radius 3 is 2.60 bits per heavy atom. The molecule has 2 aliphatic rings. The molecule has 0 aliphatic carbocycles. The van der Waals surface area contributed by atoms with Crippen LogP contribution >= 0.6 is 0 Å². The Hall–Kier alpha value is -3.09. The SMILES string of the molecule is N#Cc1ccc2c(c1OC(F)(F)F)C(=O)N(C1CCC(=O)NC1=O)C2. The van der Waals surface area contributed by atoms with E-state index in [1.165, 1.54) is 6.07 Å². The Balaban J connectivity index is 1.99. The van der Waals surface area contributed by atoms with E-state index in [-0.39, 0.29) is 30.5 Å². The smallest absolute Gasteiger partial charge is 0.404 e. The molecule has 0 spiro atoms. The molecular weight excluding hydrogens is 343 g/mol. The van der Waals surface area contributed by atoms with E-state index < -0.39 is 41.4 Å². The standard InChI is InChI=1S/C15H10F3N3O4/c16-15(17,18)25-12-7(5-19)1-2-8-6-21(14(24)11(8)12)9-3-4-10(22)20-13(9)23/h1-2,9H,3-4,6H2,(H,20,22,23). The zero-order chi connectivity index (χ0) is 18.4. The number of hydrogen-bond acceptors (Lipinski definition) is 5. The van der Waals surface area contributed by atoms with Gasteiger partial charge in [0.15, 0.2) is 5.75 Å². The van der Waals surface area contributed by atoms with Gasteiger partial charge in [-0.1, -0.05) is 6.07 Å². The van der Waals surface area contributed by atoms with Crippen molar-refractivity contribution in [2.75, 3.05) is 0 Å². The van der Waals surface area contributed by atoms with E-state index in [1.807, 2.05) is 0 Å². The minimum Gasteiger partial charge on any atom is -0.404 e. The molecule has 0 saturated carbocycles. The maximum absolute atomic E-state index is 12.7. The predicted octanol–water partition coefficient (Wildman–Crippen LogP) is 1.22. The summed E-state index contributed by atoms with van der Waals surface area (Å²) in [5.74, 6) is -2.87. The highest BCUT2D eigenvalue weighted by atomic mass is 19.4. The summed E-state index contributed by atoms with van der Waals surface area (Å²) in [6.07, 6.45) is -4.99. The molecule has 1 fully saturated rings. The number of benzene rings is 1. The number of hydrogen-bond donors (Lipinski definition) is 1. The third kappa shape index (κ3) is 3.00. The fourth-order valence-electron chi connectivity index (χ4n) is 2.93. The molecule has 1 atom stereocenters. The van der Waals surface area contributed by atoms with Gasteiger partial charge >= 0.3 is 6.36 Å². The molecule has 0 radical (unpaired) electrons. The molecule has 7 nitrogen and oxygen atoms in total. The number of nitriles is 1. The van der Waals surface area contributed by atoms with Crippen LogP contribution in [0.4, 0.5) is 13.2 Å². The van der Waals surface area contributed by atoms with Crippen LogP contribution in [-0.4, -0.2) is 35.0 Å². The van der Waals surface area contributed by atoms with E-state index in [9.17, 15) is 27.6 Å². The van der Waals surface area contributed by atoms with Gasteiger partial charge < -0.3 is 9.64 Å². The summed E-state index contributed by atoms with van der Waals surface area (Å²) < 4.78 is 41.8. The highest BCUT2D eigenvalue weighted by Crippen LogP contribution is 2.38. The number of nitrogens with zero attached hydrogens (tertiary/aromatic N) is 2. The normalized spacial score (nSPS) is 20.2. The van der Waals surface area contributed by atoms with Gasteiger partial charge in [-0.25, -0.2) is 0 Å². The molecule has 130 valence electrons. The summed E-state index contributed by atoms with van der Waals surface area (Å²) in [5, 5.41) is 11.1. The van der Waals surface area contributed by atoms with Gasteiger partial charge in [0.2, 0.25) is 11.8 Å². The van der Waals surface area contributed by atoms with Crippen LogP contribution in [0.15, 0.2) is 12.1 Å². The highest BCUT2D eigenvalue weighted by Gasteiger charge is 2.43. The number of ether oxygens (including phenoxy) is 1. The Kier molecular flexibility index (Phi) is 3.87. The van der Waals surface area contributed by atoms with E-state index in [4.69, 9.17) is 5.26 Å². The number of fused-ring (bicyclic) bond motifs is 1. The summed E-state index contributed by atoms with van der Waals surface area (Å²) >= 11 is 0. The van der Waals surface area contributed by atoms with Gasteiger partial charge in [0, 0.05) is 13.0 Å². The summed E-state index contributed by atoms with van der Waals surface area (Å²) in [5.41, 5.74) is -0.608. The van der Waals surface area contributed by atoms with Crippen molar-refractivity contribution < 1.29 is 32.3 Å². The second-order valence-electron chi connectivity index (χ2n) is 5.54. The number of rotatable bonds is 2. The minimum atomic E-state index is -5.08. The second kappa shape index (κ2) is 5.77. The lowest BCUT2D eigenvalue weighted by molar-refractivity contribution is -0.274. The average molecular weight is 353 g/mol. The lowest BCUT2D eigenvalue weighted by Gasteiger charge is -2.29. The number of carbonyl (C=O) groups excluding carboxylic acids is 3. The zero-order valence-electron chi connectivity index (χ0n) is 12.5. The first-order valence-electron chi connectivity index (χ1n) is 7.17. The number of carbonyl (C=O) groups is 3. The van der Waals surface area contributed by atoms with Crippen LogP contribution in [0.3, 0.4) is 0 Å². The van der Waals surface area contributed by atoms with Crippen molar-refractivity contribution in [2.45, 2.75) is 31.8 Å². The number of alkyl halides is 3. The van der Waals surface area contributed by atoms with Crippen molar-refractivity contribution in [3.63, 3.8) is 0 Å². The number of amides is 3. The fraction of sp³-hybridized carbons (Fsp3) is 0.333. The maximum Gasteiger partial charge on any atom is 0.573 e. The average Bonchev–Trinajstić information content (AvgIpc) is 2.83. The molecular formula is C15H10F3N3O4. The van der Waals surface area contributed by atoms with Gasteiger partial charge in [0.25, 0.3) is 5.91 Å². The van der Waals surface area contributed by atoms with Crippen molar-refractivity contribution in [3.05, 3.63) is 28.8 Å². The summed E-state index contributed by atoms with van der Waals surface area (Å²) in [6, 6.07) is 3.06. The lowest BCUT2D eigenvalue weighted by Crippen LogP contribution is -2.52. The molecule has 2 heterocycles. The molecule has 3 rings (SSSR count). The Labute approximate surface area is 139 Å². The van der Waals surface area contributed by atoms with Gasteiger partial charge in [-0.15, -0.1) is 13.2 Å². The highest BCUT2D eigenvalue weighted by molar-refractivity contribution is 6.06. The van der Waals surface area contributed by atoms with Crippen molar-refractivity contribution in [1.82, 2.24) is 10.2 Å². The van der Waals surface area contributed by atoms with Gasteiger partial charge in [0.05, 0.1) is 11.1 Å². The number of piperidine rings is 1. The van der Waals surface area contributed by atoms with Gasteiger partial charge in [-0.05, 0) is 18.1 Å². The summed E-state index contributed by atoms with van der Waals surface area (Å²) in [4.78, 5) is 36.8. The van der Waals surface area contributed by atoms with E-state index in [2.05, 4.69) is 10.1 Å². The largest absolute Gasteiger partial charge is 0.573 e. The second-order valence-corrected chi connectivity index (χ2v) is 5.54. The van der Waals surface area contributed by atoms with Crippen LogP contribution in [0.1, 0.15) is 34.3 Å². The van der Waals surface area contributed by atoms with Crippen LogP contribution in [0.25, 0.3) is 0 Å². The van der Waals surface area contributed by atoms with E-state index in [0.717, 1.165) is 11.0 Å². The predicted molar refractivity (Wildman–Crippen MR) is 73.9 cm³/mol. The molecule has 0 bridgehead atoms. The topological polar surface area (TPSA) is 99.5 Å². The Morgan fingerprint density at radius 2 is 2.00 bits per heavy atom. The van der Waals surface area contributed by atoms with Crippen LogP contribution in [0.2, 0.25) is 0 Å². The van der Waals surface area contributed by atoms with Gasteiger partial charge in [-0.3, -0.25) is 19.7 Å². The monoisotopic (exact) mass is 353 g/mol. The first kappa shape index (κ1) is 16.8. The Morgan fingerprint density at radius 1 is 1.28 bits per heavy atom. The van der Waals surface area contributed by atoms with Gasteiger partial charge in [0.1, 0.15) is 12.1 Å². The minimum absolute atomic E-state index is 0.0197. The maximum atomic E-state index is 12.7. The van der Waals surface area contributed by atoms with E-state index in [0.29, 0.717) is 0 Å². The van der Waals surface area contributed by atoms with Crippen molar-refractivity contribution in [2.24, 2.45) is 0 Å². The molecule has 25 heavy (non-hydrogen) atoms. The number of imide groups is 1. The molecule has 10 heteroatoms. The van der Waals surface area contributed by atoms with E-state index >= 15 is 0 Å². The van der Waals surface area contributed by atoms with E-state index in [1.54, 1.807) is 6.07 Å². The third-order valence-corrected chi connectivity index (χ3v) is 3.98. The van der Waals surface area contributed by atoms with Crippen LogP contribution in [0, 0.1) is 11.3 Å². The number of halogens is 3. The molecule has 1 saturated heterocycles. The quantitative estimate of drug-likeness (QED) is 0.806. The Bertz CT molecular complexity index is 829. The summed E-state index contributed by atoms with van der Waals surface area (Å²) in [6.45, 7) is -0.111. The van der Waals surface area contributed by atoms with Crippen molar-refractivity contribution >= 4 is 17.7 Å². The fourth-order valence-corrected chi connectivity index (χ4v) is 2.93. The molecule has 1 N–H and O–H groups in total. The van der Waals surface area contributed by atoms with Crippen molar-refractivity contribution in [1.29, 1.82) is 5.26 Å². The molecule has 1 unspecified atom stereocenters. The lowest BCUT2D eigenvalue weighted by atomic mass is 10.0. The molecule has 1 aromatic rings. The molecule has 0 aromatic heterocycles. The molecule has 3 amide bonds. The molecule has 1 aromatic carbocycles. The molecule has 2 aliphatic heterocycles. The summed E-state index contributed by atoms with van der Waals surface area (Å²) in [7, 11) is 0. The van der Waals surface area contributed by atoms with Crippen LogP contribution in [-0.2, 0) is 16.1 Å². The third-order valence-electron chi connectivity index (χ3n) is 3.98. The number of nitrogens with one attached hydrogen (secondary N) is 1. The van der Waals surface area contributed by atoms with Gasteiger partial charge in [-0.2, -0.15) is 5.26 Å². The first-order chi connectivity index (χ1) is 11.7. The zero-order valence-corrected chi connectivity index (χ0v) is 12.5. The van der Waals surface area contributed by atoms with Crippen molar-refractivity contribution in [3.8, 4) is 11.8 Å². The van der Waals surface area contributed by atoms with Crippen LogP contribution in [0.5, 0.6) is 5.75 Å². The first-order valence-corrected chi connectivity index (χ1v) is 7.17.